The van der Waals surface area contributed by atoms with E-state index < -0.39 is 11.8 Å². The molecule has 7 nitrogen and oxygen atoms in total. The number of methoxy groups -OCH3 is 1. The number of aryl methyl sites for hydroxylation is 1. The van der Waals surface area contributed by atoms with Gasteiger partial charge in [-0.05, 0) is 61.4 Å². The summed E-state index contributed by atoms with van der Waals surface area (Å²) in [7, 11) is 2.99. The zero-order chi connectivity index (χ0) is 23.7. The van der Waals surface area contributed by atoms with Crippen LogP contribution in [0, 0.1) is 18.3 Å². The first kappa shape index (κ1) is 21.8. The van der Waals surface area contributed by atoms with E-state index in [2.05, 4.69) is 0 Å². The van der Waals surface area contributed by atoms with Crippen molar-refractivity contribution in [3.63, 3.8) is 0 Å². The third kappa shape index (κ3) is 3.83. The zero-order valence-electron chi connectivity index (χ0n) is 18.8. The molecule has 0 atom stereocenters. The van der Waals surface area contributed by atoms with Crippen molar-refractivity contribution >= 4 is 17.9 Å². The molecule has 1 aliphatic rings. The molecular formula is C26H22N4O3. The van der Waals surface area contributed by atoms with Crippen LogP contribution in [0.5, 0.6) is 5.75 Å². The highest BCUT2D eigenvalue weighted by molar-refractivity contribution is 6.19. The van der Waals surface area contributed by atoms with Gasteiger partial charge < -0.3 is 4.74 Å². The molecule has 0 saturated carbocycles. The number of carbonyl (C=O) groups excluding carboxylic acids is 2. The van der Waals surface area contributed by atoms with Crippen molar-refractivity contribution in [3.05, 3.63) is 82.6 Å². The standard InChI is InChI=1S/C26H22N4O3/c1-16-12-20(33-4)10-11-21(16)24-18(15-30(28-24)19-8-6-5-7-9-19)13-22-17(2)23(14-27)26(32)29(3)25(22)31/h5-13,15H,1-4H3. The van der Waals surface area contributed by atoms with Crippen LogP contribution in [0.2, 0.25) is 0 Å². The third-order valence-electron chi connectivity index (χ3n) is 5.70. The van der Waals surface area contributed by atoms with E-state index in [4.69, 9.17) is 9.84 Å². The number of likely N-dealkylation sites (N-methyl/N-ethyl adjacent to an activating group) is 1. The van der Waals surface area contributed by atoms with Crippen molar-refractivity contribution in [2.45, 2.75) is 13.8 Å². The van der Waals surface area contributed by atoms with Crippen LogP contribution in [0.25, 0.3) is 23.0 Å². The Morgan fingerprint density at radius 3 is 2.42 bits per heavy atom. The summed E-state index contributed by atoms with van der Waals surface area (Å²) in [4.78, 5) is 26.2. The molecule has 7 heteroatoms. The number of nitriles is 1. The van der Waals surface area contributed by atoms with E-state index in [0.29, 0.717) is 16.8 Å². The number of hydrogen-bond acceptors (Lipinski definition) is 5. The molecule has 0 N–H and O–H groups in total. The van der Waals surface area contributed by atoms with E-state index >= 15 is 0 Å². The second-order valence-electron chi connectivity index (χ2n) is 7.73. The third-order valence-corrected chi connectivity index (χ3v) is 5.70. The molecule has 4 rings (SSSR count). The first-order valence-electron chi connectivity index (χ1n) is 10.3. The summed E-state index contributed by atoms with van der Waals surface area (Å²) in [5.74, 6) is -0.316. The van der Waals surface area contributed by atoms with Gasteiger partial charge in [0.1, 0.15) is 23.1 Å². The van der Waals surface area contributed by atoms with Gasteiger partial charge in [0.2, 0.25) is 0 Å². The minimum absolute atomic E-state index is 0.0408. The van der Waals surface area contributed by atoms with Gasteiger partial charge in [-0.15, -0.1) is 0 Å². The van der Waals surface area contributed by atoms with Gasteiger partial charge in [0, 0.05) is 29.9 Å². The largest absolute Gasteiger partial charge is 0.497 e. The predicted molar refractivity (Wildman–Crippen MR) is 124 cm³/mol. The lowest BCUT2D eigenvalue weighted by Gasteiger charge is -2.23. The van der Waals surface area contributed by atoms with Crippen molar-refractivity contribution in [2.75, 3.05) is 14.2 Å². The minimum atomic E-state index is -0.594. The zero-order valence-corrected chi connectivity index (χ0v) is 18.8. The average molecular weight is 438 g/mol. The second kappa shape index (κ2) is 8.60. The molecule has 0 radical (unpaired) electrons. The number of carbonyl (C=O) groups is 2. The summed E-state index contributed by atoms with van der Waals surface area (Å²) in [5, 5.41) is 14.3. The highest BCUT2D eigenvalue weighted by Crippen LogP contribution is 2.33. The quantitative estimate of drug-likeness (QED) is 0.452. The maximum atomic E-state index is 12.9. The van der Waals surface area contributed by atoms with Gasteiger partial charge in [0.05, 0.1) is 12.8 Å². The summed E-state index contributed by atoms with van der Waals surface area (Å²) in [5.41, 5.74) is 4.67. The highest BCUT2D eigenvalue weighted by Gasteiger charge is 2.33. The fourth-order valence-corrected chi connectivity index (χ4v) is 3.80. The molecule has 0 bridgehead atoms. The number of ether oxygens (including phenoxy) is 1. The van der Waals surface area contributed by atoms with E-state index in [1.807, 2.05) is 67.7 Å². The normalized spacial score (nSPS) is 15.2. The fraction of sp³-hybridized carbons (Fsp3) is 0.154. The van der Waals surface area contributed by atoms with Crippen LogP contribution in [-0.2, 0) is 9.59 Å². The number of aromatic nitrogens is 2. The number of rotatable bonds is 4. The molecule has 1 aliphatic heterocycles. The molecule has 0 aliphatic carbocycles. The number of para-hydroxylation sites is 1. The maximum Gasteiger partial charge on any atom is 0.271 e. The summed E-state index contributed by atoms with van der Waals surface area (Å²) >= 11 is 0. The molecule has 0 unspecified atom stereocenters. The van der Waals surface area contributed by atoms with Gasteiger partial charge >= 0.3 is 0 Å². The van der Waals surface area contributed by atoms with E-state index in [9.17, 15) is 14.9 Å². The smallest absolute Gasteiger partial charge is 0.271 e. The molecule has 0 fully saturated rings. The Labute approximate surface area is 191 Å². The molecular weight excluding hydrogens is 416 g/mol. The van der Waals surface area contributed by atoms with Gasteiger partial charge in [0.15, 0.2) is 0 Å². The van der Waals surface area contributed by atoms with E-state index in [0.717, 1.165) is 27.5 Å². The molecule has 2 heterocycles. The van der Waals surface area contributed by atoms with Crippen LogP contribution in [0.1, 0.15) is 18.1 Å². The summed E-state index contributed by atoms with van der Waals surface area (Å²) in [6.45, 7) is 3.58. The highest BCUT2D eigenvalue weighted by atomic mass is 16.5. The van der Waals surface area contributed by atoms with Crippen LogP contribution >= 0.6 is 0 Å². The number of imide groups is 1. The van der Waals surface area contributed by atoms with E-state index in [1.165, 1.54) is 7.05 Å². The number of hydrogen-bond donors (Lipinski definition) is 0. The molecule has 2 amide bonds. The van der Waals surface area contributed by atoms with E-state index in [-0.39, 0.29) is 11.1 Å². The van der Waals surface area contributed by atoms with Crippen LogP contribution in [0.3, 0.4) is 0 Å². The van der Waals surface area contributed by atoms with Crippen LogP contribution in [-0.4, -0.2) is 40.7 Å². The van der Waals surface area contributed by atoms with Gasteiger partial charge in [-0.2, -0.15) is 10.4 Å². The second-order valence-corrected chi connectivity index (χ2v) is 7.73. The maximum absolute atomic E-state index is 12.9. The van der Waals surface area contributed by atoms with Crippen molar-refractivity contribution in [3.8, 4) is 28.8 Å². The minimum Gasteiger partial charge on any atom is -0.497 e. The Kier molecular flexibility index (Phi) is 5.67. The van der Waals surface area contributed by atoms with Crippen LogP contribution in [0.4, 0.5) is 0 Å². The SMILES string of the molecule is COc1ccc(-c2nn(-c3ccccc3)cc2C=C2C(=O)N(C)C(=O)C(C#N)=C2C)c(C)c1. The van der Waals surface area contributed by atoms with Crippen LogP contribution < -0.4 is 4.74 Å². The Hall–Kier alpha value is -4.44. The topological polar surface area (TPSA) is 88.2 Å². The van der Waals surface area contributed by atoms with Crippen molar-refractivity contribution in [1.29, 1.82) is 5.26 Å². The molecule has 0 saturated heterocycles. The number of nitrogens with zero attached hydrogens (tertiary/aromatic N) is 4. The van der Waals surface area contributed by atoms with Crippen molar-refractivity contribution in [2.24, 2.45) is 0 Å². The Balaban J connectivity index is 1.95. The molecule has 33 heavy (non-hydrogen) atoms. The van der Waals surface area contributed by atoms with Crippen LogP contribution in [0.15, 0.2) is 71.4 Å². The summed E-state index contributed by atoms with van der Waals surface area (Å²) in [6, 6.07) is 17.3. The lowest BCUT2D eigenvalue weighted by molar-refractivity contribution is -0.138. The van der Waals surface area contributed by atoms with Gasteiger partial charge in [0.25, 0.3) is 11.8 Å². The average Bonchev–Trinajstić information content (AvgIpc) is 3.25. The van der Waals surface area contributed by atoms with Gasteiger partial charge in [-0.25, -0.2) is 4.68 Å². The molecule has 2 aromatic carbocycles. The monoisotopic (exact) mass is 438 g/mol. The number of benzene rings is 2. The van der Waals surface area contributed by atoms with Gasteiger partial charge in [-0.1, -0.05) is 18.2 Å². The lowest BCUT2D eigenvalue weighted by atomic mass is 9.93. The van der Waals surface area contributed by atoms with E-state index in [1.54, 1.807) is 24.8 Å². The first-order chi connectivity index (χ1) is 15.8. The Morgan fingerprint density at radius 2 is 1.79 bits per heavy atom. The molecule has 3 aromatic rings. The first-order valence-corrected chi connectivity index (χ1v) is 10.3. The Bertz CT molecular complexity index is 1370. The molecule has 164 valence electrons. The summed E-state index contributed by atoms with van der Waals surface area (Å²) in [6.07, 6.45) is 3.54. The Morgan fingerprint density at radius 1 is 1.06 bits per heavy atom. The molecule has 0 spiro atoms. The van der Waals surface area contributed by atoms with Crippen molar-refractivity contribution in [1.82, 2.24) is 14.7 Å². The molecule has 1 aromatic heterocycles. The number of amides is 2. The predicted octanol–water partition coefficient (Wildman–Crippen LogP) is 4.08. The van der Waals surface area contributed by atoms with Gasteiger partial charge in [-0.3, -0.25) is 14.5 Å². The fourth-order valence-electron chi connectivity index (χ4n) is 3.80. The lowest BCUT2D eigenvalue weighted by Crippen LogP contribution is -2.39. The van der Waals surface area contributed by atoms with Crippen molar-refractivity contribution < 1.29 is 14.3 Å². The summed E-state index contributed by atoms with van der Waals surface area (Å²) < 4.78 is 7.08.